The van der Waals surface area contributed by atoms with E-state index in [0.717, 1.165) is 23.8 Å². The van der Waals surface area contributed by atoms with Gasteiger partial charge >= 0.3 is 0 Å². The standard InChI is InChI=1S/C25H32Cl2FN3O4S/c1-17(2)15-22(31-24(32)12-9-18-7-3-4-8-20(18)26)25(33)29-13-5-6-14-30-36(34,35)23-11-10-19(28)16-21(23)27/h3-4,7-8,10-11,16-17,22,30H,5-6,9,12-15H2,1-2H3,(H,29,33)(H,31,32)/t22-/m0/s1. The molecule has 2 aromatic carbocycles. The van der Waals surface area contributed by atoms with Crippen LogP contribution in [0.5, 0.6) is 0 Å². The van der Waals surface area contributed by atoms with E-state index in [0.29, 0.717) is 37.3 Å². The first-order valence-electron chi connectivity index (χ1n) is 11.7. The lowest BCUT2D eigenvalue weighted by Crippen LogP contribution is -2.47. The van der Waals surface area contributed by atoms with E-state index in [1.807, 2.05) is 32.0 Å². The number of hydrogen-bond donors (Lipinski definition) is 3. The van der Waals surface area contributed by atoms with E-state index in [9.17, 15) is 22.4 Å². The summed E-state index contributed by atoms with van der Waals surface area (Å²) in [4.78, 5) is 25.0. The summed E-state index contributed by atoms with van der Waals surface area (Å²) in [7, 11) is -3.87. The second kappa shape index (κ2) is 14.5. The van der Waals surface area contributed by atoms with Crippen LogP contribution in [0.4, 0.5) is 4.39 Å². The van der Waals surface area contributed by atoms with Crippen molar-refractivity contribution in [2.24, 2.45) is 5.92 Å². The molecule has 2 rings (SSSR count). The van der Waals surface area contributed by atoms with Crippen LogP contribution in [-0.2, 0) is 26.0 Å². The highest BCUT2D eigenvalue weighted by atomic mass is 35.5. The first-order chi connectivity index (χ1) is 17.0. The Hall–Kier alpha value is -2.20. The van der Waals surface area contributed by atoms with E-state index in [4.69, 9.17) is 23.2 Å². The minimum atomic E-state index is -3.87. The Morgan fingerprint density at radius 1 is 1.00 bits per heavy atom. The molecule has 0 fully saturated rings. The maximum Gasteiger partial charge on any atom is 0.242 e. The second-order valence-corrected chi connectivity index (χ2v) is 11.4. The van der Waals surface area contributed by atoms with Crippen LogP contribution in [0.15, 0.2) is 47.4 Å². The predicted molar refractivity (Wildman–Crippen MR) is 140 cm³/mol. The predicted octanol–water partition coefficient (Wildman–Crippen LogP) is 4.47. The number of hydrogen-bond acceptors (Lipinski definition) is 4. The quantitative estimate of drug-likeness (QED) is 0.297. The molecule has 7 nitrogen and oxygen atoms in total. The van der Waals surface area contributed by atoms with Crippen molar-refractivity contribution < 1.29 is 22.4 Å². The van der Waals surface area contributed by atoms with Crippen molar-refractivity contribution in [1.29, 1.82) is 0 Å². The molecule has 198 valence electrons. The van der Waals surface area contributed by atoms with Crippen LogP contribution < -0.4 is 15.4 Å². The van der Waals surface area contributed by atoms with Gasteiger partial charge in [0.2, 0.25) is 21.8 Å². The zero-order valence-corrected chi connectivity index (χ0v) is 22.6. The number of halogens is 3. The average molecular weight is 561 g/mol. The van der Waals surface area contributed by atoms with Gasteiger partial charge in [-0.2, -0.15) is 0 Å². The lowest BCUT2D eigenvalue weighted by molar-refractivity contribution is -0.129. The first kappa shape index (κ1) is 30.0. The highest BCUT2D eigenvalue weighted by Gasteiger charge is 2.22. The Kier molecular flexibility index (Phi) is 12.1. The Bertz CT molecular complexity index is 1150. The normalized spacial score (nSPS) is 12.4. The van der Waals surface area contributed by atoms with Crippen molar-refractivity contribution in [2.45, 2.75) is 56.9 Å². The van der Waals surface area contributed by atoms with Crippen molar-refractivity contribution in [3.63, 3.8) is 0 Å². The van der Waals surface area contributed by atoms with Gasteiger partial charge in [0.15, 0.2) is 0 Å². The van der Waals surface area contributed by atoms with Gasteiger partial charge in [-0.05, 0) is 61.4 Å². The molecule has 0 saturated heterocycles. The Morgan fingerprint density at radius 2 is 1.69 bits per heavy atom. The summed E-state index contributed by atoms with van der Waals surface area (Å²) in [6, 6.07) is 9.73. The monoisotopic (exact) mass is 559 g/mol. The number of amides is 2. The van der Waals surface area contributed by atoms with Crippen molar-refractivity contribution in [3.05, 3.63) is 63.9 Å². The molecule has 0 spiro atoms. The zero-order chi connectivity index (χ0) is 26.7. The molecule has 0 heterocycles. The number of unbranched alkanes of at least 4 members (excludes halogenated alkanes) is 1. The minimum absolute atomic E-state index is 0.125. The summed E-state index contributed by atoms with van der Waals surface area (Å²) in [5.41, 5.74) is 0.872. The second-order valence-electron chi connectivity index (χ2n) is 8.81. The first-order valence-corrected chi connectivity index (χ1v) is 14.0. The lowest BCUT2D eigenvalue weighted by atomic mass is 10.0. The molecule has 3 N–H and O–H groups in total. The maximum atomic E-state index is 13.1. The van der Waals surface area contributed by atoms with Gasteiger partial charge in [0.25, 0.3) is 0 Å². The van der Waals surface area contributed by atoms with E-state index < -0.39 is 21.9 Å². The maximum absolute atomic E-state index is 13.1. The van der Waals surface area contributed by atoms with Crippen molar-refractivity contribution in [1.82, 2.24) is 15.4 Å². The minimum Gasteiger partial charge on any atom is -0.354 e. The Morgan fingerprint density at radius 3 is 2.36 bits per heavy atom. The molecule has 0 aromatic heterocycles. The zero-order valence-electron chi connectivity index (χ0n) is 20.3. The Labute approximate surface area is 222 Å². The summed E-state index contributed by atoms with van der Waals surface area (Å²) >= 11 is 12.0. The molecular weight excluding hydrogens is 528 g/mol. The number of benzene rings is 2. The van der Waals surface area contributed by atoms with Gasteiger partial charge in [0.05, 0.1) is 5.02 Å². The third-order valence-electron chi connectivity index (χ3n) is 5.32. The molecule has 36 heavy (non-hydrogen) atoms. The summed E-state index contributed by atoms with van der Waals surface area (Å²) in [5, 5.41) is 6.03. The van der Waals surface area contributed by atoms with Crippen LogP contribution in [0.3, 0.4) is 0 Å². The van der Waals surface area contributed by atoms with Gasteiger partial charge in [-0.1, -0.05) is 55.2 Å². The highest BCUT2D eigenvalue weighted by Crippen LogP contribution is 2.22. The van der Waals surface area contributed by atoms with Crippen molar-refractivity contribution in [3.8, 4) is 0 Å². The SMILES string of the molecule is CC(C)C[C@H](NC(=O)CCc1ccccc1Cl)C(=O)NCCCCNS(=O)(=O)c1ccc(F)cc1Cl. The molecule has 2 amide bonds. The van der Waals surface area contributed by atoms with E-state index in [1.165, 1.54) is 0 Å². The number of carbonyl (C=O) groups excluding carboxylic acids is 2. The fraction of sp³-hybridized carbons (Fsp3) is 0.440. The number of nitrogens with one attached hydrogen (secondary N) is 3. The van der Waals surface area contributed by atoms with Gasteiger partial charge in [-0.15, -0.1) is 0 Å². The van der Waals surface area contributed by atoms with Crippen LogP contribution in [0.25, 0.3) is 0 Å². The van der Waals surface area contributed by atoms with Crippen LogP contribution in [0, 0.1) is 11.7 Å². The molecule has 2 aromatic rings. The molecule has 1 atom stereocenters. The fourth-order valence-electron chi connectivity index (χ4n) is 3.48. The van der Waals surface area contributed by atoms with E-state index >= 15 is 0 Å². The molecule has 0 bridgehead atoms. The largest absolute Gasteiger partial charge is 0.354 e. The van der Waals surface area contributed by atoms with Gasteiger partial charge in [-0.3, -0.25) is 9.59 Å². The molecule has 0 unspecified atom stereocenters. The number of aryl methyl sites for hydroxylation is 1. The fourth-order valence-corrected chi connectivity index (χ4v) is 5.31. The Balaban J connectivity index is 1.76. The van der Waals surface area contributed by atoms with Crippen LogP contribution >= 0.6 is 23.2 Å². The van der Waals surface area contributed by atoms with Crippen LogP contribution in [0.1, 0.15) is 45.1 Å². The third-order valence-corrected chi connectivity index (χ3v) is 7.63. The van der Waals surface area contributed by atoms with E-state index in [2.05, 4.69) is 15.4 Å². The molecule has 0 aliphatic carbocycles. The van der Waals surface area contributed by atoms with E-state index in [1.54, 1.807) is 6.07 Å². The topological polar surface area (TPSA) is 104 Å². The molecule has 0 aliphatic rings. The smallest absolute Gasteiger partial charge is 0.242 e. The van der Waals surface area contributed by atoms with Crippen molar-refractivity contribution in [2.75, 3.05) is 13.1 Å². The third kappa shape index (κ3) is 10.0. The van der Waals surface area contributed by atoms with Crippen LogP contribution in [0.2, 0.25) is 10.0 Å². The molecule has 11 heteroatoms. The molecule has 0 aliphatic heterocycles. The van der Waals surface area contributed by atoms with E-state index in [-0.39, 0.29) is 40.6 Å². The molecule has 0 saturated carbocycles. The van der Waals surface area contributed by atoms with Gasteiger partial charge in [0.1, 0.15) is 16.8 Å². The number of rotatable bonds is 14. The number of carbonyl (C=O) groups is 2. The number of sulfonamides is 1. The van der Waals surface area contributed by atoms with Gasteiger partial charge in [0, 0.05) is 24.5 Å². The molecular formula is C25H32Cl2FN3O4S. The highest BCUT2D eigenvalue weighted by molar-refractivity contribution is 7.89. The van der Waals surface area contributed by atoms with Gasteiger partial charge < -0.3 is 10.6 Å². The summed E-state index contributed by atoms with van der Waals surface area (Å²) < 4.78 is 40.2. The van der Waals surface area contributed by atoms with Crippen LogP contribution in [-0.4, -0.2) is 39.4 Å². The van der Waals surface area contributed by atoms with Gasteiger partial charge in [-0.25, -0.2) is 17.5 Å². The average Bonchev–Trinajstić information content (AvgIpc) is 2.79. The summed E-state index contributed by atoms with van der Waals surface area (Å²) in [5.74, 6) is -0.947. The van der Waals surface area contributed by atoms with Crippen molar-refractivity contribution >= 4 is 45.0 Å². The lowest BCUT2D eigenvalue weighted by Gasteiger charge is -2.20. The molecule has 0 radical (unpaired) electrons. The summed E-state index contributed by atoms with van der Waals surface area (Å²) in [6.07, 6.45) is 2.14. The summed E-state index contributed by atoms with van der Waals surface area (Å²) in [6.45, 7) is 4.38.